The molecule has 0 saturated carbocycles. The van der Waals surface area contributed by atoms with Crippen LogP contribution in [-0.2, 0) is 6.54 Å². The fourth-order valence-electron chi connectivity index (χ4n) is 1.82. The SMILES string of the molecule is CCOc1ncnc(NCc2cccnc2OC)c1C. The summed E-state index contributed by atoms with van der Waals surface area (Å²) in [5.41, 5.74) is 1.85. The summed E-state index contributed by atoms with van der Waals surface area (Å²) in [6.07, 6.45) is 3.19. The van der Waals surface area contributed by atoms with Crippen molar-refractivity contribution in [1.82, 2.24) is 15.0 Å². The molecule has 0 aromatic carbocycles. The Bertz CT molecular complexity index is 575. The molecule has 106 valence electrons. The number of rotatable bonds is 6. The van der Waals surface area contributed by atoms with Crippen molar-refractivity contribution in [2.45, 2.75) is 20.4 Å². The number of ether oxygens (including phenoxy) is 2. The van der Waals surface area contributed by atoms with Crippen LogP contribution in [0.25, 0.3) is 0 Å². The second-order valence-electron chi connectivity index (χ2n) is 4.11. The minimum absolute atomic E-state index is 0.570. The first kappa shape index (κ1) is 14.0. The standard InChI is InChI=1S/C14H18N4O2/c1-4-20-13-10(2)12(17-9-18-13)16-8-11-6-5-7-15-14(11)19-3/h5-7,9H,4,8H2,1-3H3,(H,16,17,18). The lowest BCUT2D eigenvalue weighted by molar-refractivity contribution is 0.324. The van der Waals surface area contributed by atoms with Crippen molar-refractivity contribution in [3.8, 4) is 11.8 Å². The molecule has 0 radical (unpaired) electrons. The van der Waals surface area contributed by atoms with E-state index in [1.54, 1.807) is 13.3 Å². The van der Waals surface area contributed by atoms with E-state index in [1.165, 1.54) is 6.33 Å². The topological polar surface area (TPSA) is 69.2 Å². The maximum absolute atomic E-state index is 5.45. The van der Waals surface area contributed by atoms with E-state index < -0.39 is 0 Å². The third-order valence-electron chi connectivity index (χ3n) is 2.81. The first-order valence-electron chi connectivity index (χ1n) is 6.42. The number of nitrogens with one attached hydrogen (secondary N) is 1. The molecule has 0 aliphatic carbocycles. The van der Waals surface area contributed by atoms with Gasteiger partial charge in [-0.25, -0.2) is 15.0 Å². The molecule has 0 bridgehead atoms. The fraction of sp³-hybridized carbons (Fsp3) is 0.357. The van der Waals surface area contributed by atoms with E-state index >= 15 is 0 Å². The van der Waals surface area contributed by atoms with Crippen LogP contribution >= 0.6 is 0 Å². The first-order chi connectivity index (χ1) is 9.76. The van der Waals surface area contributed by atoms with Crippen LogP contribution in [0.15, 0.2) is 24.7 Å². The van der Waals surface area contributed by atoms with Gasteiger partial charge >= 0.3 is 0 Å². The summed E-state index contributed by atoms with van der Waals surface area (Å²) in [5, 5.41) is 3.25. The van der Waals surface area contributed by atoms with Gasteiger partial charge in [-0.05, 0) is 19.9 Å². The van der Waals surface area contributed by atoms with Gasteiger partial charge in [0, 0.05) is 18.3 Å². The monoisotopic (exact) mass is 274 g/mol. The van der Waals surface area contributed by atoms with Gasteiger partial charge in [0.1, 0.15) is 12.1 Å². The second kappa shape index (κ2) is 6.70. The van der Waals surface area contributed by atoms with Crippen LogP contribution in [0, 0.1) is 6.92 Å². The van der Waals surface area contributed by atoms with Crippen LogP contribution in [0.4, 0.5) is 5.82 Å². The normalized spacial score (nSPS) is 10.2. The molecule has 0 saturated heterocycles. The number of anilines is 1. The van der Waals surface area contributed by atoms with Crippen LogP contribution < -0.4 is 14.8 Å². The highest BCUT2D eigenvalue weighted by Crippen LogP contribution is 2.22. The molecular weight excluding hydrogens is 256 g/mol. The Kier molecular flexibility index (Phi) is 4.70. The Balaban J connectivity index is 2.13. The molecule has 6 nitrogen and oxygen atoms in total. The van der Waals surface area contributed by atoms with E-state index in [2.05, 4.69) is 20.3 Å². The molecule has 0 aliphatic heterocycles. The molecule has 0 spiro atoms. The third-order valence-corrected chi connectivity index (χ3v) is 2.81. The van der Waals surface area contributed by atoms with Gasteiger partial charge in [-0.3, -0.25) is 0 Å². The average Bonchev–Trinajstić information content (AvgIpc) is 2.48. The van der Waals surface area contributed by atoms with E-state index in [9.17, 15) is 0 Å². The maximum atomic E-state index is 5.45. The van der Waals surface area contributed by atoms with Gasteiger partial charge in [-0.2, -0.15) is 0 Å². The molecule has 0 aliphatic rings. The Morgan fingerprint density at radius 2 is 2.05 bits per heavy atom. The van der Waals surface area contributed by atoms with Gasteiger partial charge in [-0.1, -0.05) is 6.07 Å². The van der Waals surface area contributed by atoms with Crippen molar-refractivity contribution in [2.24, 2.45) is 0 Å². The van der Waals surface area contributed by atoms with Crippen LogP contribution in [0.3, 0.4) is 0 Å². The first-order valence-corrected chi connectivity index (χ1v) is 6.42. The molecule has 2 rings (SSSR count). The van der Waals surface area contributed by atoms with Crippen molar-refractivity contribution in [2.75, 3.05) is 19.0 Å². The predicted octanol–water partition coefficient (Wildman–Crippen LogP) is 2.20. The highest BCUT2D eigenvalue weighted by molar-refractivity contribution is 5.48. The van der Waals surface area contributed by atoms with Gasteiger partial charge in [0.15, 0.2) is 0 Å². The molecule has 2 aromatic heterocycles. The Morgan fingerprint density at radius 1 is 1.20 bits per heavy atom. The van der Waals surface area contributed by atoms with Crippen molar-refractivity contribution in [3.63, 3.8) is 0 Å². The van der Waals surface area contributed by atoms with Crippen molar-refractivity contribution in [1.29, 1.82) is 0 Å². The Hall–Kier alpha value is -2.37. The van der Waals surface area contributed by atoms with Gasteiger partial charge in [0.2, 0.25) is 11.8 Å². The number of nitrogens with zero attached hydrogens (tertiary/aromatic N) is 3. The number of methoxy groups -OCH3 is 1. The lowest BCUT2D eigenvalue weighted by atomic mass is 10.2. The quantitative estimate of drug-likeness (QED) is 0.871. The third kappa shape index (κ3) is 3.14. The summed E-state index contributed by atoms with van der Waals surface area (Å²) in [7, 11) is 1.61. The summed E-state index contributed by atoms with van der Waals surface area (Å²) >= 11 is 0. The van der Waals surface area contributed by atoms with Gasteiger partial charge < -0.3 is 14.8 Å². The van der Waals surface area contributed by atoms with Crippen LogP contribution in [0.5, 0.6) is 11.8 Å². The lowest BCUT2D eigenvalue weighted by Gasteiger charge is -2.12. The van der Waals surface area contributed by atoms with Gasteiger partial charge in [0.05, 0.1) is 19.3 Å². The van der Waals surface area contributed by atoms with Crippen molar-refractivity contribution >= 4 is 5.82 Å². The van der Waals surface area contributed by atoms with E-state index in [-0.39, 0.29) is 0 Å². The maximum Gasteiger partial charge on any atom is 0.221 e. The average molecular weight is 274 g/mol. The van der Waals surface area contributed by atoms with Crippen LogP contribution in [0.1, 0.15) is 18.1 Å². The largest absolute Gasteiger partial charge is 0.481 e. The summed E-state index contributed by atoms with van der Waals surface area (Å²) in [6.45, 7) is 5.00. The number of pyridine rings is 1. The van der Waals surface area contributed by atoms with E-state index in [4.69, 9.17) is 9.47 Å². The van der Waals surface area contributed by atoms with E-state index in [0.717, 1.165) is 16.9 Å². The highest BCUT2D eigenvalue weighted by Gasteiger charge is 2.09. The van der Waals surface area contributed by atoms with Crippen molar-refractivity contribution < 1.29 is 9.47 Å². The summed E-state index contributed by atoms with van der Waals surface area (Å²) in [5.74, 6) is 1.95. The molecule has 20 heavy (non-hydrogen) atoms. The number of hydrogen-bond acceptors (Lipinski definition) is 6. The Labute approximate surface area is 118 Å². The van der Waals surface area contributed by atoms with Gasteiger partial charge in [0.25, 0.3) is 0 Å². The molecule has 0 amide bonds. The number of hydrogen-bond donors (Lipinski definition) is 1. The minimum Gasteiger partial charge on any atom is -0.481 e. The van der Waals surface area contributed by atoms with E-state index in [1.807, 2.05) is 26.0 Å². The van der Waals surface area contributed by atoms with Crippen LogP contribution in [-0.4, -0.2) is 28.7 Å². The van der Waals surface area contributed by atoms with Crippen molar-refractivity contribution in [3.05, 3.63) is 35.8 Å². The fourth-order valence-corrected chi connectivity index (χ4v) is 1.82. The molecule has 2 heterocycles. The summed E-state index contributed by atoms with van der Waals surface area (Å²) in [4.78, 5) is 12.5. The van der Waals surface area contributed by atoms with Gasteiger partial charge in [-0.15, -0.1) is 0 Å². The van der Waals surface area contributed by atoms with Crippen LogP contribution in [0.2, 0.25) is 0 Å². The highest BCUT2D eigenvalue weighted by atomic mass is 16.5. The molecule has 0 fully saturated rings. The van der Waals surface area contributed by atoms with E-state index in [0.29, 0.717) is 24.9 Å². The predicted molar refractivity (Wildman–Crippen MR) is 76.1 cm³/mol. The molecule has 6 heteroatoms. The second-order valence-corrected chi connectivity index (χ2v) is 4.11. The zero-order valence-electron chi connectivity index (χ0n) is 11.9. The zero-order chi connectivity index (χ0) is 14.4. The molecule has 1 N–H and O–H groups in total. The summed E-state index contributed by atoms with van der Waals surface area (Å²) in [6, 6.07) is 3.83. The lowest BCUT2D eigenvalue weighted by Crippen LogP contribution is -2.07. The Morgan fingerprint density at radius 3 is 2.80 bits per heavy atom. The molecule has 0 atom stereocenters. The zero-order valence-corrected chi connectivity index (χ0v) is 11.9. The minimum atomic E-state index is 0.570. The smallest absolute Gasteiger partial charge is 0.221 e. The molecular formula is C14H18N4O2. The summed E-state index contributed by atoms with van der Waals surface area (Å²) < 4.78 is 10.7. The molecule has 0 unspecified atom stereocenters. The molecule has 2 aromatic rings. The number of aromatic nitrogens is 3.